The number of nitrogens with one attached hydrogen (secondary N) is 1. The molecule has 0 amide bonds. The Morgan fingerprint density at radius 1 is 1.00 bits per heavy atom. The first-order valence-corrected chi connectivity index (χ1v) is 12.0. The van der Waals surface area contributed by atoms with Gasteiger partial charge in [0, 0.05) is 33.9 Å². The van der Waals surface area contributed by atoms with E-state index in [2.05, 4.69) is 78.3 Å². The zero-order chi connectivity index (χ0) is 22.8. The van der Waals surface area contributed by atoms with E-state index in [0.717, 1.165) is 33.0 Å². The minimum Gasteiger partial charge on any atom is -0.494 e. The molecule has 1 aliphatic heterocycles. The SMILES string of the molecule is CCOc1ccc(N2C(=S)N[C@@H](c3ccccn3)[C@H]2c2cccn2-c2cccc(Br)c2)cc1. The van der Waals surface area contributed by atoms with Crippen molar-refractivity contribution in [2.45, 2.75) is 19.0 Å². The molecule has 5 nitrogen and oxygen atoms in total. The fourth-order valence-corrected chi connectivity index (χ4v) is 5.03. The van der Waals surface area contributed by atoms with Gasteiger partial charge >= 0.3 is 0 Å². The zero-order valence-electron chi connectivity index (χ0n) is 18.1. The van der Waals surface area contributed by atoms with E-state index < -0.39 is 0 Å². The van der Waals surface area contributed by atoms with E-state index >= 15 is 0 Å². The van der Waals surface area contributed by atoms with Gasteiger partial charge in [-0.05, 0) is 85.9 Å². The number of thiocarbonyl (C=S) groups is 1. The maximum absolute atomic E-state index is 5.85. The predicted octanol–water partition coefficient (Wildman–Crippen LogP) is 6.21. The summed E-state index contributed by atoms with van der Waals surface area (Å²) in [5, 5.41) is 4.20. The van der Waals surface area contributed by atoms with Gasteiger partial charge in [-0.25, -0.2) is 0 Å². The van der Waals surface area contributed by atoms with Gasteiger partial charge in [0.15, 0.2) is 5.11 Å². The Kier molecular flexibility index (Phi) is 6.15. The Hall–Kier alpha value is -3.16. The van der Waals surface area contributed by atoms with Crippen LogP contribution in [0.1, 0.15) is 30.4 Å². The van der Waals surface area contributed by atoms with Crippen molar-refractivity contribution < 1.29 is 4.74 Å². The lowest BCUT2D eigenvalue weighted by atomic mass is 10.0. The highest BCUT2D eigenvalue weighted by atomic mass is 79.9. The fraction of sp³-hybridized carbons (Fsp3) is 0.154. The Morgan fingerprint density at radius 3 is 2.58 bits per heavy atom. The van der Waals surface area contributed by atoms with Gasteiger partial charge in [-0.2, -0.15) is 0 Å². The van der Waals surface area contributed by atoms with E-state index in [9.17, 15) is 0 Å². The third kappa shape index (κ3) is 4.26. The average Bonchev–Trinajstić information content (AvgIpc) is 3.45. The van der Waals surface area contributed by atoms with Crippen LogP contribution in [0.3, 0.4) is 0 Å². The Balaban J connectivity index is 1.63. The molecule has 0 spiro atoms. The molecule has 0 bridgehead atoms. The summed E-state index contributed by atoms with van der Waals surface area (Å²) in [6, 6.07) is 26.4. The molecule has 1 fully saturated rings. The summed E-state index contributed by atoms with van der Waals surface area (Å²) in [6.45, 7) is 2.62. The van der Waals surface area contributed by atoms with Gasteiger partial charge in [-0.15, -0.1) is 0 Å². The molecule has 33 heavy (non-hydrogen) atoms. The van der Waals surface area contributed by atoms with E-state index in [1.54, 1.807) is 0 Å². The van der Waals surface area contributed by atoms with Crippen LogP contribution in [0.25, 0.3) is 5.69 Å². The molecule has 1 aliphatic rings. The molecule has 2 aromatic heterocycles. The highest BCUT2D eigenvalue weighted by molar-refractivity contribution is 9.10. The maximum Gasteiger partial charge on any atom is 0.174 e. The van der Waals surface area contributed by atoms with Crippen molar-refractivity contribution in [3.63, 3.8) is 0 Å². The third-order valence-corrected chi connectivity index (χ3v) is 6.50. The van der Waals surface area contributed by atoms with Gasteiger partial charge in [0.25, 0.3) is 0 Å². The van der Waals surface area contributed by atoms with E-state index in [-0.39, 0.29) is 12.1 Å². The summed E-state index contributed by atoms with van der Waals surface area (Å²) in [7, 11) is 0. The molecule has 2 atom stereocenters. The summed E-state index contributed by atoms with van der Waals surface area (Å²) >= 11 is 9.46. The molecule has 166 valence electrons. The van der Waals surface area contributed by atoms with Crippen LogP contribution in [0.5, 0.6) is 5.75 Å². The highest BCUT2D eigenvalue weighted by Gasteiger charge is 2.42. The van der Waals surface area contributed by atoms with E-state index in [1.807, 2.05) is 55.6 Å². The minimum atomic E-state index is -0.105. The summed E-state index contributed by atoms with van der Waals surface area (Å²) in [5.41, 5.74) is 4.14. The smallest absolute Gasteiger partial charge is 0.174 e. The Labute approximate surface area is 207 Å². The van der Waals surface area contributed by atoms with Gasteiger partial charge in [0.1, 0.15) is 11.8 Å². The highest BCUT2D eigenvalue weighted by Crippen LogP contribution is 2.42. The van der Waals surface area contributed by atoms with Crippen LogP contribution in [-0.2, 0) is 0 Å². The third-order valence-electron chi connectivity index (χ3n) is 5.69. The lowest BCUT2D eigenvalue weighted by Gasteiger charge is -2.29. The van der Waals surface area contributed by atoms with Gasteiger partial charge in [-0.3, -0.25) is 4.98 Å². The molecule has 0 unspecified atom stereocenters. The first kappa shape index (κ1) is 21.7. The van der Waals surface area contributed by atoms with E-state index in [0.29, 0.717) is 11.7 Å². The van der Waals surface area contributed by atoms with Crippen molar-refractivity contribution in [3.8, 4) is 11.4 Å². The number of nitrogens with zero attached hydrogens (tertiary/aromatic N) is 3. The molecule has 3 heterocycles. The van der Waals surface area contributed by atoms with Crippen LogP contribution in [0.2, 0.25) is 0 Å². The number of hydrogen-bond acceptors (Lipinski definition) is 3. The summed E-state index contributed by atoms with van der Waals surface area (Å²) in [6.07, 6.45) is 3.91. The number of halogens is 1. The second kappa shape index (κ2) is 9.37. The predicted molar refractivity (Wildman–Crippen MR) is 139 cm³/mol. The van der Waals surface area contributed by atoms with E-state index in [1.165, 1.54) is 0 Å². The minimum absolute atomic E-state index is 0.0978. The molecule has 1 saturated heterocycles. The number of anilines is 1. The average molecular weight is 519 g/mol. The van der Waals surface area contributed by atoms with Crippen LogP contribution in [0.15, 0.2) is 95.7 Å². The molecular formula is C26H23BrN4OS. The quantitative estimate of drug-likeness (QED) is 0.307. The van der Waals surface area contributed by atoms with Crippen LogP contribution in [0.4, 0.5) is 5.69 Å². The molecule has 1 N–H and O–H groups in total. The largest absolute Gasteiger partial charge is 0.494 e. The topological polar surface area (TPSA) is 42.3 Å². The molecule has 7 heteroatoms. The number of hydrogen-bond donors (Lipinski definition) is 1. The van der Waals surface area contributed by atoms with Crippen LogP contribution < -0.4 is 15.0 Å². The molecule has 2 aromatic carbocycles. The monoisotopic (exact) mass is 518 g/mol. The number of aromatic nitrogens is 2. The van der Waals surface area contributed by atoms with Crippen molar-refractivity contribution in [3.05, 3.63) is 107 Å². The van der Waals surface area contributed by atoms with Gasteiger partial charge in [0.2, 0.25) is 0 Å². The fourth-order valence-electron chi connectivity index (χ4n) is 4.30. The number of benzene rings is 2. The van der Waals surface area contributed by atoms with Crippen LogP contribution in [-0.4, -0.2) is 21.3 Å². The normalized spacial score (nSPS) is 17.8. The molecule has 5 rings (SSSR count). The zero-order valence-corrected chi connectivity index (χ0v) is 20.5. The van der Waals surface area contributed by atoms with Crippen molar-refractivity contribution in [1.29, 1.82) is 0 Å². The van der Waals surface area contributed by atoms with Gasteiger partial charge < -0.3 is 19.5 Å². The standard InChI is InChI=1S/C26H23BrN4OS/c1-2-32-21-13-11-19(12-14-21)31-25(24(29-26(31)33)22-9-3-4-15-28-22)23-10-6-16-30(23)20-8-5-7-18(27)17-20/h3-17,24-25H,2H2,1H3,(H,29,33)/t24-,25+/m0/s1. The van der Waals surface area contributed by atoms with Gasteiger partial charge in [-0.1, -0.05) is 28.1 Å². The van der Waals surface area contributed by atoms with Crippen molar-refractivity contribution in [2.75, 3.05) is 11.5 Å². The van der Waals surface area contributed by atoms with E-state index in [4.69, 9.17) is 17.0 Å². The molecule has 0 saturated carbocycles. The van der Waals surface area contributed by atoms with Crippen molar-refractivity contribution >= 4 is 38.9 Å². The molecule has 4 aromatic rings. The molecule has 0 aliphatic carbocycles. The number of rotatable bonds is 6. The summed E-state index contributed by atoms with van der Waals surface area (Å²) < 4.78 is 8.89. The number of pyridine rings is 1. The molecule has 0 radical (unpaired) electrons. The van der Waals surface area contributed by atoms with Crippen molar-refractivity contribution in [1.82, 2.24) is 14.9 Å². The maximum atomic E-state index is 5.85. The second-order valence-electron chi connectivity index (χ2n) is 7.71. The Bertz CT molecular complexity index is 1260. The second-order valence-corrected chi connectivity index (χ2v) is 9.01. The van der Waals surface area contributed by atoms with Crippen molar-refractivity contribution in [2.24, 2.45) is 0 Å². The first-order valence-electron chi connectivity index (χ1n) is 10.8. The summed E-state index contributed by atoms with van der Waals surface area (Å²) in [5.74, 6) is 0.842. The lowest BCUT2D eigenvalue weighted by Crippen LogP contribution is -2.30. The molecular weight excluding hydrogens is 496 g/mol. The van der Waals surface area contributed by atoms with Crippen LogP contribution >= 0.6 is 28.1 Å². The first-order chi connectivity index (χ1) is 16.2. The Morgan fingerprint density at radius 2 is 1.85 bits per heavy atom. The van der Waals surface area contributed by atoms with Crippen LogP contribution in [0, 0.1) is 0 Å². The summed E-state index contributed by atoms with van der Waals surface area (Å²) in [4.78, 5) is 6.83. The van der Waals surface area contributed by atoms with Gasteiger partial charge in [0.05, 0.1) is 18.3 Å². The lowest BCUT2D eigenvalue weighted by molar-refractivity contribution is 0.340. The number of ether oxygens (including phenoxy) is 1.